The monoisotopic (exact) mass is 367 g/mol. The van der Waals surface area contributed by atoms with E-state index in [4.69, 9.17) is 5.84 Å². The maximum atomic E-state index is 5.44. The Bertz CT molecular complexity index is 680. The molecule has 0 atom stereocenters. The SMILES string of the molecule is NNc1ncnc(Sc2nnc(C3CC3)n2C2CC2)c1Br. The lowest BCUT2D eigenvalue weighted by molar-refractivity contribution is 0.626. The fourth-order valence-electron chi connectivity index (χ4n) is 2.27. The van der Waals surface area contributed by atoms with Crippen molar-refractivity contribution in [2.75, 3.05) is 5.43 Å². The number of hydrogen-bond acceptors (Lipinski definition) is 7. The van der Waals surface area contributed by atoms with Crippen LogP contribution in [0.2, 0.25) is 0 Å². The molecule has 0 unspecified atom stereocenters. The van der Waals surface area contributed by atoms with Crippen molar-refractivity contribution in [3.63, 3.8) is 0 Å². The first kappa shape index (κ1) is 13.5. The molecule has 2 aliphatic carbocycles. The van der Waals surface area contributed by atoms with E-state index in [1.165, 1.54) is 43.8 Å². The predicted octanol–water partition coefficient (Wildman–Crippen LogP) is 2.48. The Hall–Kier alpha value is -1.19. The number of anilines is 1. The van der Waals surface area contributed by atoms with Crippen molar-refractivity contribution in [2.45, 2.75) is 47.8 Å². The van der Waals surface area contributed by atoms with Gasteiger partial charge < -0.3 is 9.99 Å². The highest BCUT2D eigenvalue weighted by molar-refractivity contribution is 9.10. The van der Waals surface area contributed by atoms with Crippen LogP contribution in [-0.2, 0) is 0 Å². The van der Waals surface area contributed by atoms with Crippen molar-refractivity contribution in [1.29, 1.82) is 0 Å². The van der Waals surface area contributed by atoms with E-state index in [-0.39, 0.29) is 0 Å². The summed E-state index contributed by atoms with van der Waals surface area (Å²) in [4.78, 5) is 8.36. The van der Waals surface area contributed by atoms with Crippen molar-refractivity contribution >= 4 is 33.5 Å². The van der Waals surface area contributed by atoms with Gasteiger partial charge >= 0.3 is 0 Å². The number of hydrogen-bond donors (Lipinski definition) is 2. The molecule has 0 bridgehead atoms. The number of nitrogens with one attached hydrogen (secondary N) is 1. The molecule has 110 valence electrons. The highest BCUT2D eigenvalue weighted by atomic mass is 79.9. The van der Waals surface area contributed by atoms with E-state index in [0.29, 0.717) is 17.8 Å². The van der Waals surface area contributed by atoms with Crippen LogP contribution in [0.1, 0.15) is 43.5 Å². The predicted molar refractivity (Wildman–Crippen MR) is 81.9 cm³/mol. The zero-order valence-corrected chi connectivity index (χ0v) is 13.6. The lowest BCUT2D eigenvalue weighted by atomic mass is 10.4. The molecule has 2 saturated carbocycles. The van der Waals surface area contributed by atoms with Crippen LogP contribution in [0.5, 0.6) is 0 Å². The van der Waals surface area contributed by atoms with E-state index in [1.807, 2.05) is 0 Å². The van der Waals surface area contributed by atoms with Crippen LogP contribution >= 0.6 is 27.7 Å². The summed E-state index contributed by atoms with van der Waals surface area (Å²) in [5, 5.41) is 10.5. The van der Waals surface area contributed by atoms with E-state index in [1.54, 1.807) is 0 Å². The van der Waals surface area contributed by atoms with Crippen LogP contribution in [0.4, 0.5) is 5.82 Å². The Morgan fingerprint density at radius 3 is 2.71 bits per heavy atom. The molecule has 3 N–H and O–H groups in total. The zero-order chi connectivity index (χ0) is 14.4. The first-order valence-electron chi connectivity index (χ1n) is 6.87. The Labute approximate surface area is 134 Å². The van der Waals surface area contributed by atoms with E-state index < -0.39 is 0 Å². The molecule has 2 aromatic heterocycles. The molecule has 21 heavy (non-hydrogen) atoms. The summed E-state index contributed by atoms with van der Waals surface area (Å²) in [6, 6.07) is 0.561. The van der Waals surface area contributed by atoms with Crippen molar-refractivity contribution in [3.05, 3.63) is 16.6 Å². The topological polar surface area (TPSA) is 94.5 Å². The molecule has 2 heterocycles. The summed E-state index contributed by atoms with van der Waals surface area (Å²) >= 11 is 4.98. The summed E-state index contributed by atoms with van der Waals surface area (Å²) in [5.41, 5.74) is 2.55. The number of nitrogen functional groups attached to an aromatic ring is 1. The fourth-order valence-corrected chi connectivity index (χ4v) is 3.71. The van der Waals surface area contributed by atoms with Crippen molar-refractivity contribution in [2.24, 2.45) is 5.84 Å². The van der Waals surface area contributed by atoms with E-state index >= 15 is 0 Å². The van der Waals surface area contributed by atoms with Gasteiger partial charge in [-0.15, -0.1) is 10.2 Å². The van der Waals surface area contributed by atoms with E-state index in [2.05, 4.69) is 46.1 Å². The molecule has 0 radical (unpaired) electrons. The van der Waals surface area contributed by atoms with Gasteiger partial charge in [-0.2, -0.15) is 0 Å². The molecule has 0 aromatic carbocycles. The normalized spacial score (nSPS) is 18.0. The Morgan fingerprint density at radius 1 is 1.24 bits per heavy atom. The summed E-state index contributed by atoms with van der Waals surface area (Å²) in [5.74, 6) is 7.74. The second-order valence-corrected chi connectivity index (χ2v) is 7.05. The molecule has 4 rings (SSSR count). The highest BCUT2D eigenvalue weighted by Gasteiger charge is 2.36. The van der Waals surface area contributed by atoms with Gasteiger partial charge in [0.1, 0.15) is 17.2 Å². The molecular weight excluding hydrogens is 354 g/mol. The average Bonchev–Trinajstić information content (AvgIpc) is 3.40. The van der Waals surface area contributed by atoms with Gasteiger partial charge in [-0.1, -0.05) is 0 Å². The second-order valence-electron chi connectivity index (χ2n) is 5.30. The van der Waals surface area contributed by atoms with Gasteiger partial charge in [-0.3, -0.25) is 0 Å². The standard InChI is InChI=1S/C12H14BrN7S/c13-8-9(17-14)15-5-16-11(8)21-12-19-18-10(6-1-2-6)20(12)7-3-4-7/h5-7H,1-4,14H2,(H,15,16,17). The first-order chi connectivity index (χ1) is 10.3. The number of nitrogens with two attached hydrogens (primary N) is 1. The minimum atomic E-state index is 0.561. The van der Waals surface area contributed by atoms with Gasteiger partial charge in [0.05, 0.1) is 4.47 Å². The first-order valence-corrected chi connectivity index (χ1v) is 8.48. The number of halogens is 1. The molecule has 2 aliphatic rings. The van der Waals surface area contributed by atoms with Crippen LogP contribution in [0.25, 0.3) is 0 Å². The lowest BCUT2D eigenvalue weighted by Crippen LogP contribution is -2.10. The van der Waals surface area contributed by atoms with Crippen LogP contribution in [0.15, 0.2) is 21.0 Å². The number of hydrazine groups is 1. The van der Waals surface area contributed by atoms with Gasteiger partial charge in [-0.05, 0) is 53.4 Å². The molecule has 0 spiro atoms. The third-order valence-corrected chi connectivity index (χ3v) is 5.60. The molecule has 9 heteroatoms. The second kappa shape index (κ2) is 5.22. The van der Waals surface area contributed by atoms with Crippen LogP contribution in [0.3, 0.4) is 0 Å². The van der Waals surface area contributed by atoms with Gasteiger partial charge in [0.25, 0.3) is 0 Å². The maximum Gasteiger partial charge on any atom is 0.197 e. The van der Waals surface area contributed by atoms with E-state index in [9.17, 15) is 0 Å². The third kappa shape index (κ3) is 2.53. The third-order valence-electron chi connectivity index (χ3n) is 3.63. The van der Waals surface area contributed by atoms with Gasteiger partial charge in [-0.25, -0.2) is 15.8 Å². The maximum absolute atomic E-state index is 5.44. The minimum absolute atomic E-state index is 0.561. The Kier molecular flexibility index (Phi) is 3.35. The molecular formula is C12H14BrN7S. The van der Waals surface area contributed by atoms with Crippen molar-refractivity contribution in [3.8, 4) is 0 Å². The largest absolute Gasteiger partial charge is 0.307 e. The molecule has 2 fully saturated rings. The summed E-state index contributed by atoms with van der Waals surface area (Å²) in [7, 11) is 0. The molecule has 0 saturated heterocycles. The molecule has 0 amide bonds. The summed E-state index contributed by atoms with van der Waals surface area (Å²) < 4.78 is 3.04. The highest BCUT2D eigenvalue weighted by Crippen LogP contribution is 2.47. The van der Waals surface area contributed by atoms with Gasteiger partial charge in [0, 0.05) is 12.0 Å². The zero-order valence-electron chi connectivity index (χ0n) is 11.2. The number of rotatable bonds is 5. The van der Waals surface area contributed by atoms with Crippen LogP contribution in [-0.4, -0.2) is 24.7 Å². The average molecular weight is 368 g/mol. The van der Waals surface area contributed by atoms with Gasteiger partial charge in [0.2, 0.25) is 0 Å². The smallest absolute Gasteiger partial charge is 0.197 e. The lowest BCUT2D eigenvalue weighted by Gasteiger charge is -2.09. The Morgan fingerprint density at radius 2 is 2.05 bits per heavy atom. The van der Waals surface area contributed by atoms with Crippen LogP contribution in [0, 0.1) is 0 Å². The van der Waals surface area contributed by atoms with Crippen LogP contribution < -0.4 is 11.3 Å². The van der Waals surface area contributed by atoms with Crippen molar-refractivity contribution in [1.82, 2.24) is 24.7 Å². The summed E-state index contributed by atoms with van der Waals surface area (Å²) in [6.07, 6.45) is 6.38. The quantitative estimate of drug-likeness (QED) is 0.476. The summed E-state index contributed by atoms with van der Waals surface area (Å²) in [6.45, 7) is 0. The fraction of sp³-hybridized carbons (Fsp3) is 0.500. The van der Waals surface area contributed by atoms with Crippen molar-refractivity contribution < 1.29 is 0 Å². The molecule has 2 aromatic rings. The number of aromatic nitrogens is 5. The Balaban J connectivity index is 1.68. The number of nitrogens with zero attached hydrogens (tertiary/aromatic N) is 5. The van der Waals surface area contributed by atoms with Gasteiger partial charge in [0.15, 0.2) is 11.0 Å². The molecule has 7 nitrogen and oxygen atoms in total. The minimum Gasteiger partial charge on any atom is -0.307 e. The molecule has 0 aliphatic heterocycles. The van der Waals surface area contributed by atoms with E-state index in [0.717, 1.165) is 20.5 Å².